The summed E-state index contributed by atoms with van der Waals surface area (Å²) in [5.41, 5.74) is 2.23. The van der Waals surface area contributed by atoms with Gasteiger partial charge in [-0.25, -0.2) is 0 Å². The summed E-state index contributed by atoms with van der Waals surface area (Å²) in [5, 5.41) is 5.14. The van der Waals surface area contributed by atoms with Crippen molar-refractivity contribution in [2.45, 2.75) is 32.1 Å². The smallest absolute Gasteiger partial charge is 0.131 e. The highest BCUT2D eigenvalue weighted by Gasteiger charge is 2.28. The third kappa shape index (κ3) is 2.98. The lowest BCUT2D eigenvalue weighted by molar-refractivity contribution is 0.252. The summed E-state index contributed by atoms with van der Waals surface area (Å²) in [7, 11) is 1.90. The molecule has 1 aliphatic heterocycles. The average molecular weight is 274 g/mol. The summed E-state index contributed by atoms with van der Waals surface area (Å²) >= 11 is 8.33. The van der Waals surface area contributed by atoms with Gasteiger partial charge < -0.3 is 0 Å². The van der Waals surface area contributed by atoms with Crippen molar-refractivity contribution in [3.05, 3.63) is 16.4 Å². The number of rotatable bonds is 2. The first-order chi connectivity index (χ1) is 7.89. The zero-order valence-corrected chi connectivity index (χ0v) is 12.5. The minimum Gasteiger partial charge on any atom is -0.297 e. The van der Waals surface area contributed by atoms with Gasteiger partial charge in [-0.1, -0.05) is 11.6 Å². The van der Waals surface area contributed by atoms with Crippen molar-refractivity contribution < 1.29 is 0 Å². The molecule has 0 saturated carbocycles. The van der Waals surface area contributed by atoms with Crippen LogP contribution in [0.3, 0.4) is 0 Å². The molecule has 1 aliphatic rings. The number of hydrogen-bond donors (Lipinski definition) is 0. The lowest BCUT2D eigenvalue weighted by Crippen LogP contribution is -2.42. The van der Waals surface area contributed by atoms with E-state index in [4.69, 9.17) is 11.6 Å². The second-order valence-corrected chi connectivity index (χ2v) is 7.46. The van der Waals surface area contributed by atoms with Crippen molar-refractivity contribution in [1.29, 1.82) is 0 Å². The molecule has 1 aromatic rings. The molecule has 1 aromatic heterocycles. The SMILES string of the molecule is Cc1nn(C)c(Cl)c1CN1CCSC(C)(C)C1. The van der Waals surface area contributed by atoms with Gasteiger partial charge in [0.2, 0.25) is 0 Å². The minimum atomic E-state index is 0.348. The first-order valence-electron chi connectivity index (χ1n) is 5.93. The van der Waals surface area contributed by atoms with Crippen LogP contribution < -0.4 is 0 Å². The molecule has 0 N–H and O–H groups in total. The summed E-state index contributed by atoms with van der Waals surface area (Å²) in [5.74, 6) is 1.20. The van der Waals surface area contributed by atoms with Gasteiger partial charge in [-0.3, -0.25) is 9.58 Å². The second kappa shape index (κ2) is 4.82. The molecule has 0 spiro atoms. The van der Waals surface area contributed by atoms with Gasteiger partial charge in [0.05, 0.1) is 5.69 Å². The van der Waals surface area contributed by atoms with E-state index in [0.29, 0.717) is 4.75 Å². The Hall–Kier alpha value is -0.190. The van der Waals surface area contributed by atoms with Crippen molar-refractivity contribution in [3.8, 4) is 0 Å². The van der Waals surface area contributed by atoms with Gasteiger partial charge in [-0.2, -0.15) is 16.9 Å². The average Bonchev–Trinajstić information content (AvgIpc) is 2.44. The van der Waals surface area contributed by atoms with Crippen LogP contribution in [0.2, 0.25) is 5.15 Å². The van der Waals surface area contributed by atoms with Crippen molar-refractivity contribution in [1.82, 2.24) is 14.7 Å². The molecule has 0 atom stereocenters. The molecule has 2 heterocycles. The van der Waals surface area contributed by atoms with E-state index < -0.39 is 0 Å². The van der Waals surface area contributed by atoms with Crippen LogP contribution in [0.5, 0.6) is 0 Å². The van der Waals surface area contributed by atoms with Crippen molar-refractivity contribution in [3.63, 3.8) is 0 Å². The molecule has 0 aliphatic carbocycles. The number of nitrogens with zero attached hydrogens (tertiary/aromatic N) is 3. The number of aryl methyl sites for hydroxylation is 2. The molecule has 17 heavy (non-hydrogen) atoms. The van der Waals surface area contributed by atoms with Gasteiger partial charge in [0, 0.05) is 42.7 Å². The first kappa shape index (κ1) is 13.2. The summed E-state index contributed by atoms with van der Waals surface area (Å²) in [6, 6.07) is 0. The van der Waals surface area contributed by atoms with Crippen LogP contribution in [0.1, 0.15) is 25.1 Å². The molecule has 3 nitrogen and oxygen atoms in total. The monoisotopic (exact) mass is 273 g/mol. The van der Waals surface area contributed by atoms with E-state index >= 15 is 0 Å². The lowest BCUT2D eigenvalue weighted by Gasteiger charge is -2.37. The van der Waals surface area contributed by atoms with Gasteiger partial charge in [0.25, 0.3) is 0 Å². The van der Waals surface area contributed by atoms with Crippen molar-refractivity contribution in [2.75, 3.05) is 18.8 Å². The van der Waals surface area contributed by atoms with Crippen LogP contribution in [0.25, 0.3) is 0 Å². The number of halogens is 1. The quantitative estimate of drug-likeness (QED) is 0.827. The molecule has 0 radical (unpaired) electrons. The van der Waals surface area contributed by atoms with Crippen LogP contribution >= 0.6 is 23.4 Å². The fourth-order valence-electron chi connectivity index (χ4n) is 2.33. The zero-order chi connectivity index (χ0) is 12.6. The third-order valence-electron chi connectivity index (χ3n) is 3.16. The Morgan fingerprint density at radius 1 is 1.47 bits per heavy atom. The fraction of sp³-hybridized carbons (Fsp3) is 0.750. The number of hydrogen-bond acceptors (Lipinski definition) is 3. The summed E-state index contributed by atoms with van der Waals surface area (Å²) in [4.78, 5) is 2.48. The standard InChI is InChI=1S/C12H20ClN3S/c1-9-10(11(13)15(4)14-9)7-16-5-6-17-12(2,3)8-16/h5-8H2,1-4H3. The molecule has 0 aromatic carbocycles. The van der Waals surface area contributed by atoms with E-state index in [0.717, 1.165) is 30.5 Å². The first-order valence-corrected chi connectivity index (χ1v) is 7.30. The molecule has 0 amide bonds. The van der Waals surface area contributed by atoms with Crippen LogP contribution in [0, 0.1) is 6.92 Å². The van der Waals surface area contributed by atoms with Crippen LogP contribution in [0.4, 0.5) is 0 Å². The highest BCUT2D eigenvalue weighted by atomic mass is 35.5. The molecule has 2 rings (SSSR count). The van der Waals surface area contributed by atoms with E-state index in [1.807, 2.05) is 14.0 Å². The van der Waals surface area contributed by atoms with Crippen LogP contribution in [-0.2, 0) is 13.6 Å². The summed E-state index contributed by atoms with van der Waals surface area (Å²) < 4.78 is 2.11. The Morgan fingerprint density at radius 3 is 2.71 bits per heavy atom. The molecule has 1 fully saturated rings. The normalized spacial score (nSPS) is 20.8. The third-order valence-corrected chi connectivity index (χ3v) is 4.93. The molecular weight excluding hydrogens is 254 g/mol. The lowest BCUT2D eigenvalue weighted by atomic mass is 10.1. The van der Waals surface area contributed by atoms with Gasteiger partial charge in [0.1, 0.15) is 5.15 Å². The van der Waals surface area contributed by atoms with E-state index in [-0.39, 0.29) is 0 Å². The molecular formula is C12H20ClN3S. The summed E-state index contributed by atoms with van der Waals surface area (Å²) in [6.07, 6.45) is 0. The number of thioether (sulfide) groups is 1. The maximum atomic E-state index is 6.27. The Bertz CT molecular complexity index is 414. The predicted molar refractivity (Wildman–Crippen MR) is 74.8 cm³/mol. The van der Waals surface area contributed by atoms with Crippen LogP contribution in [-0.4, -0.2) is 38.3 Å². The topological polar surface area (TPSA) is 21.1 Å². The highest BCUT2D eigenvalue weighted by Crippen LogP contribution is 2.31. The fourth-order valence-corrected chi connectivity index (χ4v) is 3.74. The molecule has 0 bridgehead atoms. The largest absolute Gasteiger partial charge is 0.297 e. The van der Waals surface area contributed by atoms with E-state index in [2.05, 4.69) is 35.6 Å². The Balaban J connectivity index is 2.10. The van der Waals surface area contributed by atoms with Crippen molar-refractivity contribution >= 4 is 23.4 Å². The van der Waals surface area contributed by atoms with E-state index in [9.17, 15) is 0 Å². The molecule has 5 heteroatoms. The van der Waals surface area contributed by atoms with Crippen molar-refractivity contribution in [2.24, 2.45) is 7.05 Å². The zero-order valence-electron chi connectivity index (χ0n) is 11.0. The van der Waals surface area contributed by atoms with Gasteiger partial charge in [-0.15, -0.1) is 0 Å². The van der Waals surface area contributed by atoms with Gasteiger partial charge in [-0.05, 0) is 20.8 Å². The Morgan fingerprint density at radius 2 is 2.18 bits per heavy atom. The van der Waals surface area contributed by atoms with Crippen LogP contribution in [0.15, 0.2) is 0 Å². The predicted octanol–water partition coefficient (Wildman–Crippen LogP) is 2.71. The maximum Gasteiger partial charge on any atom is 0.131 e. The van der Waals surface area contributed by atoms with E-state index in [1.165, 1.54) is 11.3 Å². The molecule has 96 valence electrons. The van der Waals surface area contributed by atoms with Gasteiger partial charge in [0.15, 0.2) is 0 Å². The minimum absolute atomic E-state index is 0.348. The molecule has 0 unspecified atom stereocenters. The maximum absolute atomic E-state index is 6.27. The second-order valence-electron chi connectivity index (χ2n) is 5.30. The summed E-state index contributed by atoms with van der Waals surface area (Å²) in [6.45, 7) is 9.82. The Labute approximate surface area is 113 Å². The number of aromatic nitrogens is 2. The Kier molecular flexibility index (Phi) is 3.76. The van der Waals surface area contributed by atoms with E-state index in [1.54, 1.807) is 4.68 Å². The molecule has 1 saturated heterocycles. The highest BCUT2D eigenvalue weighted by molar-refractivity contribution is 8.00. The van der Waals surface area contributed by atoms with Gasteiger partial charge >= 0.3 is 0 Å².